The third-order valence-corrected chi connectivity index (χ3v) is 5.52. The Bertz CT molecular complexity index is 1020. The van der Waals surface area contributed by atoms with Crippen molar-refractivity contribution in [1.29, 1.82) is 0 Å². The van der Waals surface area contributed by atoms with Gasteiger partial charge in [0.1, 0.15) is 12.4 Å². The summed E-state index contributed by atoms with van der Waals surface area (Å²) < 4.78 is 7.52. The molecule has 0 N–H and O–H groups in total. The van der Waals surface area contributed by atoms with Crippen LogP contribution < -0.4 is 0 Å². The van der Waals surface area contributed by atoms with Crippen molar-refractivity contribution in [3.63, 3.8) is 0 Å². The van der Waals surface area contributed by atoms with Gasteiger partial charge < -0.3 is 9.64 Å². The zero-order valence-electron chi connectivity index (χ0n) is 14.2. The highest BCUT2D eigenvalue weighted by Crippen LogP contribution is 2.32. The number of fused-ring (bicyclic) bond motifs is 1. The number of morpholine rings is 1. The van der Waals surface area contributed by atoms with Crippen molar-refractivity contribution >= 4 is 46.5 Å². The van der Waals surface area contributed by atoms with E-state index in [2.05, 4.69) is 15.1 Å². The molecule has 1 fully saturated rings. The lowest BCUT2D eigenvalue weighted by Crippen LogP contribution is -2.42. The molecule has 0 spiro atoms. The first-order valence-corrected chi connectivity index (χ1v) is 9.30. The first kappa shape index (κ1) is 18.4. The van der Waals surface area contributed by atoms with Crippen molar-refractivity contribution in [3.05, 3.63) is 56.5 Å². The summed E-state index contributed by atoms with van der Waals surface area (Å²) >= 11 is 18.1. The minimum atomic E-state index is -0.355. The second-order valence-corrected chi connectivity index (χ2v) is 7.35. The molecule has 1 atom stereocenters. The number of aryl methyl sites for hydroxylation is 1. The van der Waals surface area contributed by atoms with E-state index in [1.807, 2.05) is 13.0 Å². The zero-order valence-corrected chi connectivity index (χ0v) is 16.5. The van der Waals surface area contributed by atoms with Gasteiger partial charge in [-0.1, -0.05) is 34.8 Å². The van der Waals surface area contributed by atoms with Crippen LogP contribution >= 0.6 is 34.8 Å². The van der Waals surface area contributed by atoms with E-state index in [0.717, 1.165) is 11.4 Å². The van der Waals surface area contributed by atoms with Gasteiger partial charge in [-0.15, -0.1) is 0 Å². The molecular formula is C17H14Cl3N5O2. The number of carbonyl (C=O) groups is 1. The third kappa shape index (κ3) is 3.48. The second-order valence-electron chi connectivity index (χ2n) is 6.16. The highest BCUT2D eigenvalue weighted by molar-refractivity contribution is 6.48. The maximum Gasteiger partial charge on any atom is 0.254 e. The summed E-state index contributed by atoms with van der Waals surface area (Å²) in [4.78, 5) is 23.1. The van der Waals surface area contributed by atoms with E-state index in [1.54, 1.807) is 9.42 Å². The largest absolute Gasteiger partial charge is 0.368 e. The molecule has 1 aliphatic heterocycles. The van der Waals surface area contributed by atoms with Gasteiger partial charge in [0.05, 0.1) is 33.9 Å². The predicted molar refractivity (Wildman–Crippen MR) is 102 cm³/mol. The van der Waals surface area contributed by atoms with E-state index in [0.29, 0.717) is 31.0 Å². The molecule has 0 aliphatic carbocycles. The molecule has 1 aliphatic rings. The summed E-state index contributed by atoms with van der Waals surface area (Å²) in [5, 5.41) is 4.92. The van der Waals surface area contributed by atoms with Gasteiger partial charge in [-0.25, -0.2) is 4.98 Å². The van der Waals surface area contributed by atoms with Crippen LogP contribution in [0.4, 0.5) is 0 Å². The number of hydrogen-bond acceptors (Lipinski definition) is 5. The van der Waals surface area contributed by atoms with Crippen LogP contribution in [0.25, 0.3) is 5.78 Å². The highest BCUT2D eigenvalue weighted by Gasteiger charge is 2.29. The Hall–Kier alpha value is -1.93. The Morgan fingerprint density at radius 3 is 2.70 bits per heavy atom. The Kier molecular flexibility index (Phi) is 4.94. The van der Waals surface area contributed by atoms with Crippen LogP contribution in [0, 0.1) is 6.92 Å². The number of ether oxygens (including phenoxy) is 1. The van der Waals surface area contributed by atoms with E-state index < -0.39 is 0 Å². The van der Waals surface area contributed by atoms with E-state index in [9.17, 15) is 4.79 Å². The van der Waals surface area contributed by atoms with Gasteiger partial charge in [-0.3, -0.25) is 4.79 Å². The molecule has 2 aromatic heterocycles. The van der Waals surface area contributed by atoms with Gasteiger partial charge in [0.15, 0.2) is 0 Å². The van der Waals surface area contributed by atoms with Crippen molar-refractivity contribution in [2.75, 3.05) is 19.7 Å². The van der Waals surface area contributed by atoms with Gasteiger partial charge in [0, 0.05) is 17.8 Å². The Labute approximate surface area is 169 Å². The molecule has 140 valence electrons. The van der Waals surface area contributed by atoms with Crippen LogP contribution in [-0.4, -0.2) is 50.1 Å². The molecule has 27 heavy (non-hydrogen) atoms. The van der Waals surface area contributed by atoms with Crippen LogP contribution in [0.5, 0.6) is 0 Å². The molecule has 7 nitrogen and oxygen atoms in total. The number of halogens is 3. The molecule has 4 rings (SSSR count). The first-order valence-electron chi connectivity index (χ1n) is 8.16. The van der Waals surface area contributed by atoms with Crippen molar-refractivity contribution in [2.45, 2.75) is 13.0 Å². The number of carbonyl (C=O) groups excluding carboxylic acids is 1. The van der Waals surface area contributed by atoms with Crippen molar-refractivity contribution in [3.8, 4) is 0 Å². The standard InChI is InChI=1S/C17H14Cl3N5O2/c1-9-4-13(25-17(23-9)21-8-22-25)14-7-24(2-3-27-14)16(26)10-5-11(18)15(20)12(19)6-10/h4-6,8,14H,2-3,7H2,1H3. The van der Waals surface area contributed by atoms with E-state index in [1.165, 1.54) is 18.5 Å². The van der Waals surface area contributed by atoms with Gasteiger partial charge >= 0.3 is 0 Å². The molecule has 1 unspecified atom stereocenters. The maximum absolute atomic E-state index is 12.9. The number of rotatable bonds is 2. The normalized spacial score (nSPS) is 17.5. The number of aromatic nitrogens is 4. The van der Waals surface area contributed by atoms with E-state index in [4.69, 9.17) is 39.5 Å². The fraction of sp³-hybridized carbons (Fsp3) is 0.294. The smallest absolute Gasteiger partial charge is 0.254 e. The molecule has 0 saturated carbocycles. The number of amides is 1. The van der Waals surface area contributed by atoms with Gasteiger partial charge in [-0.2, -0.15) is 14.6 Å². The van der Waals surface area contributed by atoms with Crippen molar-refractivity contribution < 1.29 is 9.53 Å². The van der Waals surface area contributed by atoms with Crippen LogP contribution in [0.2, 0.25) is 15.1 Å². The van der Waals surface area contributed by atoms with Gasteiger partial charge in [0.2, 0.25) is 0 Å². The minimum absolute atomic E-state index is 0.190. The summed E-state index contributed by atoms with van der Waals surface area (Å²) in [7, 11) is 0. The van der Waals surface area contributed by atoms with Crippen LogP contribution in [-0.2, 0) is 4.74 Å². The molecule has 1 amide bonds. The number of hydrogen-bond donors (Lipinski definition) is 0. The van der Waals surface area contributed by atoms with Crippen LogP contribution in [0.15, 0.2) is 24.5 Å². The average molecular weight is 427 g/mol. The summed E-state index contributed by atoms with van der Waals surface area (Å²) in [6.45, 7) is 3.08. The quantitative estimate of drug-likeness (QED) is 0.585. The molecule has 3 aromatic rings. The maximum atomic E-state index is 12.9. The Morgan fingerprint density at radius 1 is 1.22 bits per heavy atom. The van der Waals surface area contributed by atoms with Gasteiger partial charge in [-0.05, 0) is 25.1 Å². The molecule has 10 heteroatoms. The molecule has 3 heterocycles. The topological polar surface area (TPSA) is 72.6 Å². The lowest BCUT2D eigenvalue weighted by Gasteiger charge is -2.33. The fourth-order valence-corrected chi connectivity index (χ4v) is 3.66. The third-order valence-electron chi connectivity index (χ3n) is 4.32. The summed E-state index contributed by atoms with van der Waals surface area (Å²) in [6.07, 6.45) is 1.08. The Morgan fingerprint density at radius 2 is 1.96 bits per heavy atom. The minimum Gasteiger partial charge on any atom is -0.368 e. The highest BCUT2D eigenvalue weighted by atomic mass is 35.5. The molecule has 0 radical (unpaired) electrons. The molecule has 1 saturated heterocycles. The predicted octanol–water partition coefficient (Wildman–Crippen LogP) is 3.61. The summed E-state index contributed by atoms with van der Waals surface area (Å²) in [5.41, 5.74) is 1.97. The lowest BCUT2D eigenvalue weighted by molar-refractivity contribution is -0.0257. The average Bonchev–Trinajstić information content (AvgIpc) is 3.12. The van der Waals surface area contributed by atoms with E-state index in [-0.39, 0.29) is 27.1 Å². The van der Waals surface area contributed by atoms with Crippen LogP contribution in [0.1, 0.15) is 27.8 Å². The Balaban J connectivity index is 1.63. The van der Waals surface area contributed by atoms with Crippen molar-refractivity contribution in [2.24, 2.45) is 0 Å². The fourth-order valence-electron chi connectivity index (χ4n) is 3.06. The molecule has 1 aromatic carbocycles. The van der Waals surface area contributed by atoms with Crippen molar-refractivity contribution in [1.82, 2.24) is 24.5 Å². The van der Waals surface area contributed by atoms with E-state index >= 15 is 0 Å². The number of benzene rings is 1. The SMILES string of the molecule is Cc1cc(C2CN(C(=O)c3cc(Cl)c(Cl)c(Cl)c3)CCO2)n2ncnc2n1. The summed E-state index contributed by atoms with van der Waals surface area (Å²) in [6, 6.07) is 4.93. The second kappa shape index (κ2) is 7.24. The number of nitrogens with zero attached hydrogens (tertiary/aromatic N) is 5. The summed E-state index contributed by atoms with van der Waals surface area (Å²) in [5.74, 6) is 0.303. The van der Waals surface area contributed by atoms with Crippen LogP contribution in [0.3, 0.4) is 0 Å². The molecular weight excluding hydrogens is 413 g/mol. The first-order chi connectivity index (χ1) is 12.9. The van der Waals surface area contributed by atoms with Gasteiger partial charge in [0.25, 0.3) is 11.7 Å². The zero-order chi connectivity index (χ0) is 19.1. The molecule has 0 bridgehead atoms. The monoisotopic (exact) mass is 425 g/mol. The lowest BCUT2D eigenvalue weighted by atomic mass is 10.1.